The third-order valence-corrected chi connectivity index (χ3v) is 4.56. The minimum Gasteiger partial charge on any atom is -0.263 e. The maximum atomic E-state index is 12.1. The number of aromatic nitrogens is 1. The fraction of sp³-hybridized carbons (Fsp3) is 0.545. The third kappa shape index (κ3) is 4.26. The molecule has 0 fully saturated rings. The largest absolute Gasteiger partial charge is 0.263 e. The van der Waals surface area contributed by atoms with Crippen LogP contribution >= 0.6 is 11.6 Å². The Labute approximate surface area is 108 Å². The van der Waals surface area contributed by atoms with Crippen LogP contribution in [0.25, 0.3) is 0 Å². The molecular formula is C11H17ClN2O2S. The molecule has 96 valence electrons. The molecule has 0 unspecified atom stereocenters. The van der Waals surface area contributed by atoms with Crippen molar-refractivity contribution in [2.75, 3.05) is 19.5 Å². The highest BCUT2D eigenvalue weighted by molar-refractivity contribution is 7.89. The highest BCUT2D eigenvalue weighted by Gasteiger charge is 2.19. The van der Waals surface area contributed by atoms with Crippen molar-refractivity contribution in [1.82, 2.24) is 9.29 Å². The molecule has 0 aromatic carbocycles. The van der Waals surface area contributed by atoms with Crippen molar-refractivity contribution in [1.29, 1.82) is 0 Å². The van der Waals surface area contributed by atoms with E-state index in [1.807, 2.05) is 0 Å². The number of sulfonamides is 1. The monoisotopic (exact) mass is 276 g/mol. The summed E-state index contributed by atoms with van der Waals surface area (Å²) >= 11 is 5.56. The van der Waals surface area contributed by atoms with Gasteiger partial charge in [-0.25, -0.2) is 12.7 Å². The van der Waals surface area contributed by atoms with Crippen molar-refractivity contribution in [2.45, 2.75) is 24.2 Å². The van der Waals surface area contributed by atoms with Gasteiger partial charge in [-0.2, -0.15) is 0 Å². The predicted octanol–water partition coefficient (Wildman–Crippen LogP) is 2.11. The Morgan fingerprint density at radius 1 is 1.35 bits per heavy atom. The lowest BCUT2D eigenvalue weighted by atomic mass is 10.2. The molecule has 0 radical (unpaired) electrons. The van der Waals surface area contributed by atoms with Gasteiger partial charge in [0.2, 0.25) is 10.0 Å². The molecule has 1 rings (SSSR count). The Morgan fingerprint density at radius 3 is 2.71 bits per heavy atom. The van der Waals surface area contributed by atoms with Crippen molar-refractivity contribution in [2.24, 2.45) is 0 Å². The minimum absolute atomic E-state index is 0.236. The number of halogens is 1. The molecule has 0 aliphatic heterocycles. The second kappa shape index (κ2) is 6.93. The van der Waals surface area contributed by atoms with Crippen LogP contribution in [0.5, 0.6) is 0 Å². The maximum absolute atomic E-state index is 12.1. The van der Waals surface area contributed by atoms with E-state index in [1.165, 1.54) is 10.5 Å². The standard InChI is InChI=1S/C11H17ClN2O2S/c1-14(9-4-2-3-7-12)17(15,16)11-6-5-8-13-10-11/h5-6,8,10H,2-4,7,9H2,1H3. The average Bonchev–Trinajstić information content (AvgIpc) is 2.35. The quantitative estimate of drug-likeness (QED) is 0.566. The molecule has 0 bridgehead atoms. The van der Waals surface area contributed by atoms with Crippen LogP contribution in [-0.4, -0.2) is 37.2 Å². The van der Waals surface area contributed by atoms with Crippen molar-refractivity contribution in [3.63, 3.8) is 0 Å². The first-order valence-corrected chi connectivity index (χ1v) is 7.49. The first-order chi connectivity index (χ1) is 8.09. The van der Waals surface area contributed by atoms with E-state index in [4.69, 9.17) is 11.6 Å². The van der Waals surface area contributed by atoms with E-state index in [1.54, 1.807) is 25.4 Å². The molecule has 0 amide bonds. The van der Waals surface area contributed by atoms with Gasteiger partial charge >= 0.3 is 0 Å². The Morgan fingerprint density at radius 2 is 2.12 bits per heavy atom. The lowest BCUT2D eigenvalue weighted by molar-refractivity contribution is 0.454. The zero-order valence-corrected chi connectivity index (χ0v) is 11.4. The molecule has 1 aromatic heterocycles. The molecule has 0 N–H and O–H groups in total. The van der Waals surface area contributed by atoms with Gasteiger partial charge in [0.1, 0.15) is 4.90 Å². The van der Waals surface area contributed by atoms with Crippen LogP contribution in [0.2, 0.25) is 0 Å². The summed E-state index contributed by atoms with van der Waals surface area (Å²) in [6.07, 6.45) is 5.60. The third-order valence-electron chi connectivity index (χ3n) is 2.45. The molecule has 1 aromatic rings. The van der Waals surface area contributed by atoms with Crippen LogP contribution in [-0.2, 0) is 10.0 Å². The Balaban J connectivity index is 2.59. The van der Waals surface area contributed by atoms with Crippen LogP contribution in [0, 0.1) is 0 Å². The van der Waals surface area contributed by atoms with Gasteiger partial charge in [-0.05, 0) is 25.0 Å². The molecule has 0 atom stereocenters. The summed E-state index contributed by atoms with van der Waals surface area (Å²) in [5, 5.41) is 0. The molecule has 0 aliphatic carbocycles. The number of alkyl halides is 1. The van der Waals surface area contributed by atoms with Crippen molar-refractivity contribution in [3.8, 4) is 0 Å². The number of rotatable bonds is 7. The van der Waals surface area contributed by atoms with Gasteiger partial charge in [-0.15, -0.1) is 11.6 Å². The van der Waals surface area contributed by atoms with E-state index in [0.29, 0.717) is 12.4 Å². The van der Waals surface area contributed by atoms with E-state index in [2.05, 4.69) is 4.98 Å². The zero-order chi connectivity index (χ0) is 12.7. The first-order valence-electron chi connectivity index (χ1n) is 5.51. The molecular weight excluding hydrogens is 260 g/mol. The molecule has 0 aliphatic rings. The fourth-order valence-corrected chi connectivity index (χ4v) is 2.77. The number of unbranched alkanes of at least 4 members (excludes halogenated alkanes) is 2. The topological polar surface area (TPSA) is 50.3 Å². The van der Waals surface area contributed by atoms with Crippen molar-refractivity contribution >= 4 is 21.6 Å². The molecule has 0 saturated heterocycles. The summed E-state index contributed by atoms with van der Waals surface area (Å²) in [4.78, 5) is 4.06. The summed E-state index contributed by atoms with van der Waals surface area (Å²) < 4.78 is 25.5. The van der Waals surface area contributed by atoms with E-state index in [9.17, 15) is 8.42 Å². The van der Waals surface area contributed by atoms with Crippen molar-refractivity contribution in [3.05, 3.63) is 24.5 Å². The van der Waals surface area contributed by atoms with Crippen LogP contribution in [0.3, 0.4) is 0 Å². The van der Waals surface area contributed by atoms with E-state index in [0.717, 1.165) is 19.3 Å². The van der Waals surface area contributed by atoms with E-state index in [-0.39, 0.29) is 4.90 Å². The van der Waals surface area contributed by atoms with Gasteiger partial charge in [-0.3, -0.25) is 4.98 Å². The van der Waals surface area contributed by atoms with Gasteiger partial charge < -0.3 is 0 Å². The minimum atomic E-state index is -3.39. The lowest BCUT2D eigenvalue weighted by Gasteiger charge is -2.16. The molecule has 0 spiro atoms. The zero-order valence-electron chi connectivity index (χ0n) is 9.84. The van der Waals surface area contributed by atoms with Gasteiger partial charge in [0, 0.05) is 31.9 Å². The van der Waals surface area contributed by atoms with Gasteiger partial charge in [0.15, 0.2) is 0 Å². The van der Waals surface area contributed by atoms with Crippen LogP contribution in [0.15, 0.2) is 29.4 Å². The summed E-state index contributed by atoms with van der Waals surface area (Å²) in [6, 6.07) is 3.17. The van der Waals surface area contributed by atoms with Gasteiger partial charge in [0.05, 0.1) is 0 Å². The highest BCUT2D eigenvalue weighted by Crippen LogP contribution is 2.13. The van der Waals surface area contributed by atoms with E-state index < -0.39 is 10.0 Å². The fourth-order valence-electron chi connectivity index (χ4n) is 1.41. The second-order valence-corrected chi connectivity index (χ2v) is 6.19. The summed E-state index contributed by atoms with van der Waals surface area (Å²) in [5.41, 5.74) is 0. The Hall–Kier alpha value is -0.650. The molecule has 4 nitrogen and oxygen atoms in total. The number of nitrogens with zero attached hydrogens (tertiary/aromatic N) is 2. The average molecular weight is 277 g/mol. The normalized spacial score (nSPS) is 11.9. The first kappa shape index (κ1) is 14.4. The van der Waals surface area contributed by atoms with Gasteiger partial charge in [0.25, 0.3) is 0 Å². The highest BCUT2D eigenvalue weighted by atomic mass is 35.5. The molecule has 6 heteroatoms. The van der Waals surface area contributed by atoms with E-state index >= 15 is 0 Å². The predicted molar refractivity (Wildman–Crippen MR) is 68.6 cm³/mol. The van der Waals surface area contributed by atoms with Crippen LogP contribution in [0.4, 0.5) is 0 Å². The Bertz CT molecular complexity index is 422. The molecule has 17 heavy (non-hydrogen) atoms. The summed E-state index contributed by atoms with van der Waals surface area (Å²) in [7, 11) is -1.80. The van der Waals surface area contributed by atoms with Crippen LogP contribution < -0.4 is 0 Å². The SMILES string of the molecule is CN(CCCCCCl)S(=O)(=O)c1cccnc1. The second-order valence-electron chi connectivity index (χ2n) is 3.76. The van der Waals surface area contributed by atoms with Crippen molar-refractivity contribution < 1.29 is 8.42 Å². The van der Waals surface area contributed by atoms with Gasteiger partial charge in [-0.1, -0.05) is 6.42 Å². The maximum Gasteiger partial charge on any atom is 0.244 e. The number of pyridine rings is 1. The summed E-state index contributed by atoms with van der Waals surface area (Å²) in [5.74, 6) is 0.624. The number of hydrogen-bond donors (Lipinski definition) is 0. The number of hydrogen-bond acceptors (Lipinski definition) is 3. The molecule has 0 saturated carbocycles. The smallest absolute Gasteiger partial charge is 0.244 e. The summed E-state index contributed by atoms with van der Waals surface area (Å²) in [6.45, 7) is 0.508. The Kier molecular flexibility index (Phi) is 5.88. The lowest BCUT2D eigenvalue weighted by Crippen LogP contribution is -2.28. The van der Waals surface area contributed by atoms with Crippen LogP contribution in [0.1, 0.15) is 19.3 Å². The molecule has 1 heterocycles.